The van der Waals surface area contributed by atoms with Crippen LogP contribution in [0.3, 0.4) is 0 Å². The van der Waals surface area contributed by atoms with Crippen LogP contribution < -0.4 is 10.1 Å². The number of hydrogen-bond donors (Lipinski definition) is 1. The summed E-state index contributed by atoms with van der Waals surface area (Å²) in [6.45, 7) is 0.593. The average Bonchev–Trinajstić information content (AvgIpc) is 2.45. The summed E-state index contributed by atoms with van der Waals surface area (Å²) in [5, 5.41) is 11.6. The SMILES string of the molecule is N#CCOc1cccc(CNc2ccc(F)nc2)c1. The quantitative estimate of drug-likeness (QED) is 0.837. The number of benzene rings is 1. The van der Waals surface area contributed by atoms with Crippen molar-refractivity contribution < 1.29 is 9.13 Å². The molecule has 1 aromatic carbocycles. The second-order valence-corrected chi connectivity index (χ2v) is 3.82. The summed E-state index contributed by atoms with van der Waals surface area (Å²) in [7, 11) is 0. The van der Waals surface area contributed by atoms with E-state index >= 15 is 0 Å². The molecule has 0 saturated heterocycles. The standard InChI is InChI=1S/C14H12FN3O/c15-14-5-4-12(10-18-14)17-9-11-2-1-3-13(8-11)19-7-6-16/h1-5,8,10,17H,7,9H2. The molecule has 2 aromatic rings. The van der Waals surface area contributed by atoms with Gasteiger partial charge in [0.1, 0.15) is 11.8 Å². The van der Waals surface area contributed by atoms with Gasteiger partial charge >= 0.3 is 0 Å². The fourth-order valence-corrected chi connectivity index (χ4v) is 1.55. The lowest BCUT2D eigenvalue weighted by Gasteiger charge is -2.08. The highest BCUT2D eigenvalue weighted by molar-refractivity contribution is 5.41. The van der Waals surface area contributed by atoms with Crippen molar-refractivity contribution in [3.05, 3.63) is 54.1 Å². The molecule has 4 nitrogen and oxygen atoms in total. The van der Waals surface area contributed by atoms with Crippen molar-refractivity contribution in [3.63, 3.8) is 0 Å². The number of nitrogens with zero attached hydrogens (tertiary/aromatic N) is 2. The van der Waals surface area contributed by atoms with Crippen LogP contribution in [0.1, 0.15) is 5.56 Å². The molecule has 0 bridgehead atoms. The van der Waals surface area contributed by atoms with E-state index in [0.29, 0.717) is 12.3 Å². The number of pyridine rings is 1. The Morgan fingerprint density at radius 3 is 2.95 bits per heavy atom. The lowest BCUT2D eigenvalue weighted by Crippen LogP contribution is -2.01. The van der Waals surface area contributed by atoms with Gasteiger partial charge in [-0.2, -0.15) is 9.65 Å². The van der Waals surface area contributed by atoms with E-state index in [9.17, 15) is 4.39 Å². The Hall–Kier alpha value is -2.61. The molecule has 0 spiro atoms. The predicted molar refractivity (Wildman–Crippen MR) is 69.1 cm³/mol. The molecule has 96 valence electrons. The molecule has 0 fully saturated rings. The fraction of sp³-hybridized carbons (Fsp3) is 0.143. The molecule has 0 aliphatic rings. The molecule has 19 heavy (non-hydrogen) atoms. The van der Waals surface area contributed by atoms with Gasteiger partial charge in [0.05, 0.1) is 11.9 Å². The first kappa shape index (κ1) is 12.8. The highest BCUT2D eigenvalue weighted by Gasteiger charge is 1.98. The van der Waals surface area contributed by atoms with Crippen molar-refractivity contribution in [2.75, 3.05) is 11.9 Å². The van der Waals surface area contributed by atoms with Crippen molar-refractivity contribution in [2.45, 2.75) is 6.54 Å². The van der Waals surface area contributed by atoms with Crippen molar-refractivity contribution in [3.8, 4) is 11.8 Å². The summed E-state index contributed by atoms with van der Waals surface area (Å²) in [6, 6.07) is 12.3. The van der Waals surface area contributed by atoms with Gasteiger partial charge in [-0.3, -0.25) is 0 Å². The van der Waals surface area contributed by atoms with E-state index in [0.717, 1.165) is 11.3 Å². The summed E-state index contributed by atoms with van der Waals surface area (Å²) in [5.41, 5.74) is 1.74. The monoisotopic (exact) mass is 257 g/mol. The van der Waals surface area contributed by atoms with Crippen LogP contribution in [0.2, 0.25) is 0 Å². The van der Waals surface area contributed by atoms with Crippen LogP contribution in [0, 0.1) is 17.3 Å². The van der Waals surface area contributed by atoms with Gasteiger partial charge < -0.3 is 10.1 Å². The Morgan fingerprint density at radius 2 is 2.21 bits per heavy atom. The topological polar surface area (TPSA) is 57.9 Å². The van der Waals surface area contributed by atoms with Crippen LogP contribution >= 0.6 is 0 Å². The van der Waals surface area contributed by atoms with Crippen LogP contribution in [0.15, 0.2) is 42.6 Å². The zero-order chi connectivity index (χ0) is 13.5. The molecule has 1 aromatic heterocycles. The predicted octanol–water partition coefficient (Wildman–Crippen LogP) is 2.74. The van der Waals surface area contributed by atoms with Gasteiger partial charge in [-0.1, -0.05) is 12.1 Å². The molecule has 0 unspecified atom stereocenters. The molecule has 0 aliphatic carbocycles. The van der Waals surface area contributed by atoms with Gasteiger partial charge in [0.15, 0.2) is 6.61 Å². The lowest BCUT2D eigenvalue weighted by atomic mass is 10.2. The molecule has 5 heteroatoms. The molecule has 0 aliphatic heterocycles. The van der Waals surface area contributed by atoms with Crippen molar-refractivity contribution in [2.24, 2.45) is 0 Å². The zero-order valence-corrected chi connectivity index (χ0v) is 10.1. The first-order valence-corrected chi connectivity index (χ1v) is 5.72. The van der Waals surface area contributed by atoms with Crippen molar-refractivity contribution in [1.82, 2.24) is 4.98 Å². The number of nitrogens with one attached hydrogen (secondary N) is 1. The van der Waals surface area contributed by atoms with Crippen LogP contribution in [-0.2, 0) is 6.54 Å². The maximum atomic E-state index is 12.6. The van der Waals surface area contributed by atoms with E-state index in [1.54, 1.807) is 12.1 Å². The second kappa shape index (κ2) is 6.36. The number of ether oxygens (including phenoxy) is 1. The van der Waals surface area contributed by atoms with E-state index < -0.39 is 5.95 Å². The van der Waals surface area contributed by atoms with E-state index in [4.69, 9.17) is 10.00 Å². The van der Waals surface area contributed by atoms with Crippen molar-refractivity contribution in [1.29, 1.82) is 5.26 Å². The number of halogens is 1. The Labute approximate surface area is 110 Å². The molecule has 0 radical (unpaired) electrons. The maximum Gasteiger partial charge on any atom is 0.212 e. The van der Waals surface area contributed by atoms with Crippen LogP contribution in [0.4, 0.5) is 10.1 Å². The van der Waals surface area contributed by atoms with Gasteiger partial charge in [-0.25, -0.2) is 4.98 Å². The smallest absolute Gasteiger partial charge is 0.212 e. The zero-order valence-electron chi connectivity index (χ0n) is 10.1. The summed E-state index contributed by atoms with van der Waals surface area (Å²) in [4.78, 5) is 3.56. The number of rotatable bonds is 5. The molecule has 0 saturated carbocycles. The van der Waals surface area contributed by atoms with E-state index in [1.165, 1.54) is 12.3 Å². The largest absolute Gasteiger partial charge is 0.479 e. The third kappa shape index (κ3) is 3.96. The molecular formula is C14H12FN3O. The summed E-state index contributed by atoms with van der Waals surface area (Å²) >= 11 is 0. The number of hydrogen-bond acceptors (Lipinski definition) is 4. The van der Waals surface area contributed by atoms with Crippen molar-refractivity contribution >= 4 is 5.69 Å². The molecule has 0 amide bonds. The summed E-state index contributed by atoms with van der Waals surface area (Å²) in [5.74, 6) is 0.149. The minimum atomic E-state index is -0.502. The molecular weight excluding hydrogens is 245 g/mol. The number of anilines is 1. The normalized spacial score (nSPS) is 9.68. The molecule has 1 heterocycles. The van der Waals surface area contributed by atoms with E-state index in [2.05, 4.69) is 10.3 Å². The van der Waals surface area contributed by atoms with Gasteiger partial charge in [-0.05, 0) is 29.8 Å². The average molecular weight is 257 g/mol. The van der Waals surface area contributed by atoms with Gasteiger partial charge in [-0.15, -0.1) is 0 Å². The first-order valence-electron chi connectivity index (χ1n) is 5.72. The first-order chi connectivity index (χ1) is 9.28. The summed E-state index contributed by atoms with van der Waals surface area (Å²) in [6.07, 6.45) is 1.44. The van der Waals surface area contributed by atoms with Crippen LogP contribution in [-0.4, -0.2) is 11.6 Å². The number of nitriles is 1. The van der Waals surface area contributed by atoms with Gasteiger partial charge in [0, 0.05) is 6.54 Å². The fourth-order valence-electron chi connectivity index (χ4n) is 1.55. The minimum absolute atomic E-state index is 0.0266. The minimum Gasteiger partial charge on any atom is -0.479 e. The van der Waals surface area contributed by atoms with Crippen LogP contribution in [0.25, 0.3) is 0 Å². The Balaban J connectivity index is 1.95. The lowest BCUT2D eigenvalue weighted by molar-refractivity contribution is 0.368. The highest BCUT2D eigenvalue weighted by atomic mass is 19.1. The Bertz CT molecular complexity index is 578. The molecule has 1 N–H and O–H groups in total. The summed E-state index contributed by atoms with van der Waals surface area (Å²) < 4.78 is 17.9. The van der Waals surface area contributed by atoms with E-state index in [1.807, 2.05) is 24.3 Å². The molecule has 2 rings (SSSR count). The Morgan fingerprint density at radius 1 is 1.32 bits per heavy atom. The number of aromatic nitrogens is 1. The Kier molecular flexibility index (Phi) is 4.29. The van der Waals surface area contributed by atoms with Gasteiger partial charge in [0.2, 0.25) is 5.95 Å². The van der Waals surface area contributed by atoms with Crippen LogP contribution in [0.5, 0.6) is 5.75 Å². The van der Waals surface area contributed by atoms with E-state index in [-0.39, 0.29) is 6.61 Å². The maximum absolute atomic E-state index is 12.6. The molecule has 0 atom stereocenters. The second-order valence-electron chi connectivity index (χ2n) is 3.82. The van der Waals surface area contributed by atoms with Gasteiger partial charge in [0.25, 0.3) is 0 Å². The third-order valence-electron chi connectivity index (χ3n) is 2.43. The highest BCUT2D eigenvalue weighted by Crippen LogP contribution is 2.15. The third-order valence-corrected chi connectivity index (χ3v) is 2.43.